The fraction of sp³-hybridized carbons (Fsp3) is 0.583. The van der Waals surface area contributed by atoms with Crippen molar-refractivity contribution in [2.75, 3.05) is 44.2 Å². The van der Waals surface area contributed by atoms with Crippen molar-refractivity contribution in [1.29, 1.82) is 0 Å². The third-order valence-corrected chi connectivity index (χ3v) is 6.45. The molecule has 2 unspecified atom stereocenters. The van der Waals surface area contributed by atoms with Crippen molar-refractivity contribution in [3.05, 3.63) is 36.2 Å². The molecule has 0 N–H and O–H groups in total. The van der Waals surface area contributed by atoms with Gasteiger partial charge in [-0.3, -0.25) is 19.4 Å². The summed E-state index contributed by atoms with van der Waals surface area (Å²) in [6.07, 6.45) is 6.21. The van der Waals surface area contributed by atoms with Crippen molar-refractivity contribution in [2.24, 2.45) is 11.8 Å². The van der Waals surface area contributed by atoms with Crippen LogP contribution in [0.5, 0.6) is 5.75 Å². The molecule has 0 spiro atoms. The van der Waals surface area contributed by atoms with Gasteiger partial charge in [0.05, 0.1) is 23.6 Å². The second-order valence-electron chi connectivity index (χ2n) is 8.94. The number of carbonyl (C=O) groups excluding carboxylic acids is 2. The van der Waals surface area contributed by atoms with Gasteiger partial charge in [0.2, 0.25) is 11.8 Å². The summed E-state index contributed by atoms with van der Waals surface area (Å²) in [5.41, 5.74) is 0.930. The molecular weight excluding hydrogens is 433 g/mol. The van der Waals surface area contributed by atoms with E-state index in [1.54, 1.807) is 6.07 Å². The van der Waals surface area contributed by atoms with E-state index in [2.05, 4.69) is 9.80 Å². The van der Waals surface area contributed by atoms with Crippen LogP contribution >= 0.6 is 12.4 Å². The average molecular weight is 466 g/mol. The predicted molar refractivity (Wildman–Crippen MR) is 125 cm³/mol. The minimum atomic E-state index is -0.292. The molecule has 0 saturated carbocycles. The molecule has 6 nitrogen and oxygen atoms in total. The zero-order chi connectivity index (χ0) is 22.0. The fourth-order valence-corrected chi connectivity index (χ4v) is 4.85. The minimum absolute atomic E-state index is 0. The number of hydrogen-bond donors (Lipinski definition) is 0. The molecule has 2 saturated heterocycles. The van der Waals surface area contributed by atoms with E-state index in [4.69, 9.17) is 4.74 Å². The van der Waals surface area contributed by atoms with Crippen LogP contribution in [0.1, 0.15) is 33.1 Å². The summed E-state index contributed by atoms with van der Waals surface area (Å²) in [6.45, 7) is 8.67. The van der Waals surface area contributed by atoms with Crippen LogP contribution in [0.4, 0.5) is 10.1 Å². The number of imide groups is 1. The van der Waals surface area contributed by atoms with Gasteiger partial charge >= 0.3 is 0 Å². The van der Waals surface area contributed by atoms with Crippen LogP contribution < -0.4 is 9.64 Å². The highest BCUT2D eigenvalue weighted by Crippen LogP contribution is 2.35. The summed E-state index contributed by atoms with van der Waals surface area (Å²) in [6, 6.07) is 4.73. The number of ether oxygens (including phenoxy) is 1. The number of nitrogens with zero attached hydrogens (tertiary/aromatic N) is 3. The third kappa shape index (κ3) is 5.26. The van der Waals surface area contributed by atoms with Gasteiger partial charge in [-0.25, -0.2) is 4.39 Å². The molecule has 2 heterocycles. The molecule has 4 rings (SSSR count). The van der Waals surface area contributed by atoms with Crippen molar-refractivity contribution < 1.29 is 18.7 Å². The van der Waals surface area contributed by atoms with E-state index in [9.17, 15) is 14.0 Å². The van der Waals surface area contributed by atoms with Gasteiger partial charge in [0.15, 0.2) is 0 Å². The first kappa shape index (κ1) is 24.5. The number of allylic oxidation sites excluding steroid dienone is 2. The molecule has 1 aromatic carbocycles. The van der Waals surface area contributed by atoms with Crippen molar-refractivity contribution >= 4 is 29.9 Å². The summed E-state index contributed by atoms with van der Waals surface area (Å²) in [7, 11) is 0. The van der Waals surface area contributed by atoms with Crippen molar-refractivity contribution in [3.63, 3.8) is 0 Å². The first-order chi connectivity index (χ1) is 14.9. The molecule has 1 aromatic rings. The highest BCUT2D eigenvalue weighted by Gasteiger charge is 2.46. The minimum Gasteiger partial charge on any atom is -0.489 e. The summed E-state index contributed by atoms with van der Waals surface area (Å²) in [5.74, 6) is 0.0412. The molecule has 2 atom stereocenters. The molecule has 3 aliphatic rings. The molecule has 8 heteroatoms. The molecule has 2 aliphatic heterocycles. The van der Waals surface area contributed by atoms with Crippen LogP contribution in [0, 0.1) is 17.7 Å². The number of carbonyl (C=O) groups is 2. The Kier molecular flexibility index (Phi) is 8.17. The maximum absolute atomic E-state index is 13.7. The number of rotatable bonds is 7. The van der Waals surface area contributed by atoms with Crippen LogP contribution in [0.25, 0.3) is 0 Å². The molecule has 176 valence electrons. The Balaban J connectivity index is 0.00000289. The van der Waals surface area contributed by atoms with Gasteiger partial charge in [-0.05, 0) is 51.8 Å². The van der Waals surface area contributed by atoms with E-state index in [1.165, 1.54) is 17.0 Å². The van der Waals surface area contributed by atoms with Crippen molar-refractivity contribution in [1.82, 2.24) is 9.80 Å². The number of fused-ring (bicyclic) bond motifs is 1. The molecule has 0 bridgehead atoms. The lowest BCUT2D eigenvalue weighted by Gasteiger charge is -2.37. The Labute approximate surface area is 195 Å². The lowest BCUT2D eigenvalue weighted by molar-refractivity contribution is -0.140. The summed E-state index contributed by atoms with van der Waals surface area (Å²) in [4.78, 5) is 31.2. The van der Waals surface area contributed by atoms with E-state index in [1.807, 2.05) is 26.0 Å². The van der Waals surface area contributed by atoms with Gasteiger partial charge < -0.3 is 9.64 Å². The van der Waals surface area contributed by atoms with Crippen LogP contribution in [-0.2, 0) is 9.59 Å². The number of benzene rings is 1. The number of amides is 2. The summed E-state index contributed by atoms with van der Waals surface area (Å²) in [5, 5.41) is 0. The van der Waals surface area contributed by atoms with Gasteiger partial charge in [0.25, 0.3) is 0 Å². The van der Waals surface area contributed by atoms with E-state index in [-0.39, 0.29) is 48.0 Å². The quantitative estimate of drug-likeness (QED) is 0.455. The Morgan fingerprint density at radius 1 is 1.00 bits per heavy atom. The number of halogens is 2. The molecule has 2 fully saturated rings. The van der Waals surface area contributed by atoms with Gasteiger partial charge in [0, 0.05) is 38.8 Å². The summed E-state index contributed by atoms with van der Waals surface area (Å²) < 4.78 is 19.5. The fourth-order valence-electron chi connectivity index (χ4n) is 4.85. The lowest BCUT2D eigenvalue weighted by Crippen LogP contribution is -2.47. The van der Waals surface area contributed by atoms with Gasteiger partial charge in [-0.2, -0.15) is 0 Å². The SMILES string of the molecule is CC(C)Oc1cc(F)ccc1N1CCN(CCCN2C(=O)C3CC=CCC3C2=O)CC1.Cl. The smallest absolute Gasteiger partial charge is 0.233 e. The molecular formula is C24H33ClFN3O3. The van der Waals surface area contributed by atoms with Crippen LogP contribution in [0.15, 0.2) is 30.4 Å². The highest BCUT2D eigenvalue weighted by atomic mass is 35.5. The normalized spacial score (nSPS) is 23.5. The third-order valence-electron chi connectivity index (χ3n) is 6.45. The summed E-state index contributed by atoms with van der Waals surface area (Å²) >= 11 is 0. The van der Waals surface area contributed by atoms with Crippen LogP contribution in [-0.4, -0.2) is 67.0 Å². The van der Waals surface area contributed by atoms with E-state index in [0.29, 0.717) is 25.1 Å². The standard InChI is InChI=1S/C24H32FN3O3.ClH/c1-17(2)31-22-16-18(25)8-9-21(22)27-14-12-26(13-15-27)10-5-11-28-23(29)19-6-3-4-7-20(19)24(28)30;/h3-4,8-9,16-17,19-20H,5-7,10-15H2,1-2H3;1H. The molecule has 32 heavy (non-hydrogen) atoms. The Morgan fingerprint density at radius 3 is 2.22 bits per heavy atom. The van der Waals surface area contributed by atoms with Crippen LogP contribution in [0.3, 0.4) is 0 Å². The molecule has 0 aromatic heterocycles. The predicted octanol–water partition coefficient (Wildman–Crippen LogP) is 3.50. The highest BCUT2D eigenvalue weighted by molar-refractivity contribution is 6.05. The number of piperazine rings is 1. The number of anilines is 1. The second-order valence-corrected chi connectivity index (χ2v) is 8.94. The largest absolute Gasteiger partial charge is 0.489 e. The maximum Gasteiger partial charge on any atom is 0.233 e. The lowest BCUT2D eigenvalue weighted by atomic mass is 9.85. The van der Waals surface area contributed by atoms with E-state index >= 15 is 0 Å². The molecule has 2 amide bonds. The number of likely N-dealkylation sites (tertiary alicyclic amines) is 1. The van der Waals surface area contributed by atoms with Gasteiger partial charge in [0.1, 0.15) is 11.6 Å². The Morgan fingerprint density at radius 2 is 1.62 bits per heavy atom. The monoisotopic (exact) mass is 465 g/mol. The molecule has 1 aliphatic carbocycles. The molecule has 0 radical (unpaired) electrons. The van der Waals surface area contributed by atoms with Crippen molar-refractivity contribution in [2.45, 2.75) is 39.2 Å². The van der Waals surface area contributed by atoms with Gasteiger partial charge in [-0.1, -0.05) is 12.2 Å². The zero-order valence-corrected chi connectivity index (χ0v) is 19.7. The average Bonchev–Trinajstić information content (AvgIpc) is 2.99. The van der Waals surface area contributed by atoms with Gasteiger partial charge in [-0.15, -0.1) is 12.4 Å². The Bertz CT molecular complexity index is 829. The first-order valence-electron chi connectivity index (χ1n) is 11.4. The first-order valence-corrected chi connectivity index (χ1v) is 11.4. The maximum atomic E-state index is 13.7. The topological polar surface area (TPSA) is 53.1 Å². The van der Waals surface area contributed by atoms with E-state index in [0.717, 1.165) is 44.8 Å². The van der Waals surface area contributed by atoms with Crippen molar-refractivity contribution in [3.8, 4) is 5.75 Å². The number of hydrogen-bond acceptors (Lipinski definition) is 5. The van der Waals surface area contributed by atoms with Crippen LogP contribution in [0.2, 0.25) is 0 Å². The Hall–Kier alpha value is -2.12. The van der Waals surface area contributed by atoms with E-state index < -0.39 is 0 Å². The zero-order valence-electron chi connectivity index (χ0n) is 18.8. The second kappa shape index (κ2) is 10.7.